The molecule has 2 N–H and O–H groups in total. The lowest BCUT2D eigenvalue weighted by atomic mass is 9.91. The van der Waals surface area contributed by atoms with Crippen molar-refractivity contribution in [2.24, 2.45) is 4.99 Å². The number of aliphatic imine (C=N–C) groups is 1. The molecule has 7 nitrogen and oxygen atoms in total. The van der Waals surface area contributed by atoms with Crippen LogP contribution in [0.5, 0.6) is 0 Å². The molecule has 1 aliphatic rings. The third kappa shape index (κ3) is 5.55. The summed E-state index contributed by atoms with van der Waals surface area (Å²) in [5, 5.41) is 12.9. The van der Waals surface area contributed by atoms with E-state index in [4.69, 9.17) is 4.74 Å². The summed E-state index contributed by atoms with van der Waals surface area (Å²) in [6, 6.07) is 7.83. The van der Waals surface area contributed by atoms with Crippen LogP contribution < -0.4 is 5.32 Å². The molecule has 2 atom stereocenters. The molecular weight excluding hydrogens is 388 g/mol. The number of aromatic nitrogens is 2. The predicted octanol–water partition coefficient (Wildman–Crippen LogP) is 3.74. The van der Waals surface area contributed by atoms with Gasteiger partial charge >= 0.3 is 6.09 Å². The van der Waals surface area contributed by atoms with Crippen molar-refractivity contribution in [3.63, 3.8) is 0 Å². The van der Waals surface area contributed by atoms with Crippen LogP contribution >= 0.6 is 11.8 Å². The molecular formula is C21H26N4O3S. The number of amides is 1. The number of alkyl carbamates (subject to hydrolysis) is 1. The van der Waals surface area contributed by atoms with E-state index in [2.05, 4.69) is 33.3 Å². The number of hydrogen-bond donors (Lipinski definition) is 2. The van der Waals surface area contributed by atoms with Crippen molar-refractivity contribution < 1.29 is 14.6 Å². The standard InChI is InChI=1S/C21H26N4O3S/c1-20(2,3)28-19(27)25-18-24-17(12-26)9-21(4,29-18)16-7-5-6-14(8-16)15-10-22-13-23-11-15/h5-8,10-11,13,17,26H,9,12H2,1-4H3,(H,24,25,27)/t17-,21-/m0/s1. The third-order valence-corrected chi connectivity index (χ3v) is 5.69. The van der Waals surface area contributed by atoms with Gasteiger partial charge in [-0.25, -0.2) is 14.8 Å². The zero-order chi connectivity index (χ0) is 21.1. The SMILES string of the molecule is CC(C)(C)OC(=O)NC1=N[C@H](CO)C[C@@](C)(c2cccc(-c3cncnc3)c2)S1. The Morgan fingerprint density at radius 3 is 2.69 bits per heavy atom. The summed E-state index contributed by atoms with van der Waals surface area (Å²) in [5.74, 6) is 0. The van der Waals surface area contributed by atoms with E-state index in [0.29, 0.717) is 11.6 Å². The molecule has 0 spiro atoms. The molecule has 1 amide bonds. The highest BCUT2D eigenvalue weighted by molar-refractivity contribution is 8.14. The summed E-state index contributed by atoms with van der Waals surface area (Å²) in [5.41, 5.74) is 2.41. The minimum Gasteiger partial charge on any atom is -0.444 e. The Morgan fingerprint density at radius 2 is 2.03 bits per heavy atom. The van der Waals surface area contributed by atoms with Gasteiger partial charge in [-0.1, -0.05) is 30.0 Å². The van der Waals surface area contributed by atoms with Gasteiger partial charge in [-0.05, 0) is 51.3 Å². The summed E-state index contributed by atoms with van der Waals surface area (Å²) in [4.78, 5) is 24.9. The van der Waals surface area contributed by atoms with E-state index in [1.165, 1.54) is 18.1 Å². The van der Waals surface area contributed by atoms with Crippen molar-refractivity contribution in [3.05, 3.63) is 48.5 Å². The quantitative estimate of drug-likeness (QED) is 0.794. The van der Waals surface area contributed by atoms with E-state index >= 15 is 0 Å². The summed E-state index contributed by atoms with van der Waals surface area (Å²) in [6.07, 6.45) is 5.14. The fraction of sp³-hybridized carbons (Fsp3) is 0.429. The fourth-order valence-corrected chi connectivity index (χ4v) is 4.43. The maximum Gasteiger partial charge on any atom is 0.413 e. The number of thioether (sulfide) groups is 1. The number of carbonyl (C=O) groups excluding carboxylic acids is 1. The molecule has 3 rings (SSSR count). The van der Waals surface area contributed by atoms with Crippen molar-refractivity contribution in [2.45, 2.75) is 50.5 Å². The van der Waals surface area contributed by atoms with Crippen LogP contribution in [0.25, 0.3) is 11.1 Å². The number of amidine groups is 1. The molecule has 29 heavy (non-hydrogen) atoms. The van der Waals surface area contributed by atoms with Crippen LogP contribution in [0.4, 0.5) is 4.79 Å². The second-order valence-electron chi connectivity index (χ2n) is 8.14. The maximum absolute atomic E-state index is 12.2. The van der Waals surface area contributed by atoms with Crippen LogP contribution in [-0.2, 0) is 9.48 Å². The van der Waals surface area contributed by atoms with Gasteiger partial charge in [-0.2, -0.15) is 0 Å². The molecule has 154 valence electrons. The average molecular weight is 415 g/mol. The van der Waals surface area contributed by atoms with Gasteiger partial charge in [-0.3, -0.25) is 10.3 Å². The van der Waals surface area contributed by atoms with Crippen LogP contribution in [0.3, 0.4) is 0 Å². The number of carbonyl (C=O) groups is 1. The van der Waals surface area contributed by atoms with E-state index in [1.807, 2.05) is 39.0 Å². The topological polar surface area (TPSA) is 96.7 Å². The van der Waals surface area contributed by atoms with Crippen LogP contribution in [-0.4, -0.2) is 44.6 Å². The molecule has 8 heteroatoms. The normalized spacial score (nSPS) is 22.0. The summed E-state index contributed by atoms with van der Waals surface area (Å²) in [7, 11) is 0. The molecule has 0 fully saturated rings. The minimum atomic E-state index is -0.601. The largest absolute Gasteiger partial charge is 0.444 e. The molecule has 0 radical (unpaired) electrons. The molecule has 0 saturated heterocycles. The van der Waals surface area contributed by atoms with Gasteiger partial charge in [0.2, 0.25) is 0 Å². The van der Waals surface area contributed by atoms with Gasteiger partial charge in [0.15, 0.2) is 5.17 Å². The number of aliphatic hydroxyl groups excluding tert-OH is 1. The van der Waals surface area contributed by atoms with Crippen LogP contribution in [0.2, 0.25) is 0 Å². The fourth-order valence-electron chi connectivity index (χ4n) is 3.15. The first-order valence-electron chi connectivity index (χ1n) is 9.42. The molecule has 0 aliphatic carbocycles. The number of benzene rings is 1. The van der Waals surface area contributed by atoms with Gasteiger partial charge in [0, 0.05) is 22.7 Å². The smallest absolute Gasteiger partial charge is 0.413 e. The second-order valence-corrected chi connectivity index (χ2v) is 9.63. The monoisotopic (exact) mass is 414 g/mol. The van der Waals surface area contributed by atoms with Crippen molar-refractivity contribution >= 4 is 23.0 Å². The molecule has 1 aromatic heterocycles. The lowest BCUT2D eigenvalue weighted by Crippen LogP contribution is -2.41. The van der Waals surface area contributed by atoms with Crippen molar-refractivity contribution in [1.82, 2.24) is 15.3 Å². The third-order valence-electron chi connectivity index (χ3n) is 4.43. The van der Waals surface area contributed by atoms with E-state index in [1.54, 1.807) is 12.4 Å². The number of nitrogens with one attached hydrogen (secondary N) is 1. The van der Waals surface area contributed by atoms with Crippen molar-refractivity contribution in [3.8, 4) is 11.1 Å². The number of rotatable bonds is 3. The average Bonchev–Trinajstić information content (AvgIpc) is 2.67. The molecule has 2 aromatic rings. The highest BCUT2D eigenvalue weighted by atomic mass is 32.2. The Bertz CT molecular complexity index is 898. The lowest BCUT2D eigenvalue weighted by Gasteiger charge is -2.36. The van der Waals surface area contributed by atoms with E-state index < -0.39 is 11.7 Å². The Balaban J connectivity index is 1.85. The Hall–Kier alpha value is -2.45. The first-order valence-corrected chi connectivity index (χ1v) is 10.2. The molecule has 2 heterocycles. The predicted molar refractivity (Wildman–Crippen MR) is 115 cm³/mol. The molecule has 0 unspecified atom stereocenters. The Kier molecular flexibility index (Phi) is 6.24. The Labute approximate surface area is 175 Å². The van der Waals surface area contributed by atoms with Gasteiger partial charge in [0.1, 0.15) is 11.9 Å². The first-order chi connectivity index (χ1) is 13.7. The van der Waals surface area contributed by atoms with Crippen LogP contribution in [0.1, 0.15) is 39.7 Å². The number of hydrogen-bond acceptors (Lipinski definition) is 7. The highest BCUT2D eigenvalue weighted by Crippen LogP contribution is 2.45. The summed E-state index contributed by atoms with van der Waals surface area (Å²) in [6.45, 7) is 7.42. The highest BCUT2D eigenvalue weighted by Gasteiger charge is 2.37. The second kappa shape index (κ2) is 8.51. The van der Waals surface area contributed by atoms with E-state index in [0.717, 1.165) is 16.7 Å². The molecule has 0 saturated carbocycles. The molecule has 0 bridgehead atoms. The minimum absolute atomic E-state index is 0.0954. The lowest BCUT2D eigenvalue weighted by molar-refractivity contribution is 0.0564. The van der Waals surface area contributed by atoms with E-state index in [9.17, 15) is 9.90 Å². The summed E-state index contributed by atoms with van der Waals surface area (Å²) >= 11 is 1.46. The van der Waals surface area contributed by atoms with Gasteiger partial charge < -0.3 is 9.84 Å². The van der Waals surface area contributed by atoms with Gasteiger partial charge in [0.25, 0.3) is 0 Å². The van der Waals surface area contributed by atoms with E-state index in [-0.39, 0.29) is 17.4 Å². The first kappa shape index (κ1) is 21.3. The van der Waals surface area contributed by atoms with Crippen LogP contribution in [0.15, 0.2) is 48.0 Å². The van der Waals surface area contributed by atoms with Crippen molar-refractivity contribution in [1.29, 1.82) is 0 Å². The van der Waals surface area contributed by atoms with Crippen molar-refractivity contribution in [2.75, 3.05) is 6.61 Å². The molecule has 1 aromatic carbocycles. The number of ether oxygens (including phenoxy) is 1. The maximum atomic E-state index is 12.2. The zero-order valence-corrected chi connectivity index (χ0v) is 17.9. The zero-order valence-electron chi connectivity index (χ0n) is 17.0. The van der Waals surface area contributed by atoms with Gasteiger partial charge in [0.05, 0.1) is 12.6 Å². The summed E-state index contributed by atoms with van der Waals surface area (Å²) < 4.78 is 4.96. The number of nitrogens with zero attached hydrogens (tertiary/aromatic N) is 3. The molecule has 1 aliphatic heterocycles. The number of aliphatic hydroxyl groups is 1. The van der Waals surface area contributed by atoms with Crippen LogP contribution in [0, 0.1) is 0 Å². The van der Waals surface area contributed by atoms with Gasteiger partial charge in [-0.15, -0.1) is 0 Å². The Morgan fingerprint density at radius 1 is 1.31 bits per heavy atom.